The number of likely N-dealkylation sites (tertiary alicyclic amines) is 1. The van der Waals surface area contributed by atoms with Gasteiger partial charge in [0.2, 0.25) is 11.1 Å². The summed E-state index contributed by atoms with van der Waals surface area (Å²) in [6.45, 7) is 1.72. The summed E-state index contributed by atoms with van der Waals surface area (Å²) in [6, 6.07) is 7.71. The summed E-state index contributed by atoms with van der Waals surface area (Å²) in [5, 5.41) is 8.79. The molecule has 6 nitrogen and oxygen atoms in total. The maximum absolute atomic E-state index is 12.2. The number of nitrogens with zero attached hydrogens (tertiary/aromatic N) is 4. The molecule has 0 atom stereocenters. The minimum absolute atomic E-state index is 0.140. The molecule has 8 heteroatoms. The summed E-state index contributed by atoms with van der Waals surface area (Å²) in [4.78, 5) is 14.1. The smallest absolute Gasteiger partial charge is 0.233 e. The summed E-state index contributed by atoms with van der Waals surface area (Å²) >= 11 is 4.76. The number of halogens is 1. The van der Waals surface area contributed by atoms with Gasteiger partial charge in [0.15, 0.2) is 5.82 Å². The van der Waals surface area contributed by atoms with Crippen LogP contribution in [-0.2, 0) is 4.79 Å². The van der Waals surface area contributed by atoms with Crippen molar-refractivity contribution in [2.75, 3.05) is 24.7 Å². The molecule has 0 saturated carbocycles. The van der Waals surface area contributed by atoms with Crippen LogP contribution in [0.5, 0.6) is 0 Å². The van der Waals surface area contributed by atoms with Crippen LogP contribution in [0.2, 0.25) is 0 Å². The van der Waals surface area contributed by atoms with Gasteiger partial charge in [-0.2, -0.15) is 0 Å². The summed E-state index contributed by atoms with van der Waals surface area (Å²) in [7, 11) is 0. The molecule has 1 amide bonds. The number of carbonyl (C=O) groups excluding carboxylic acids is 1. The van der Waals surface area contributed by atoms with Crippen molar-refractivity contribution in [3.8, 4) is 11.4 Å². The number of thioether (sulfide) groups is 1. The molecule has 1 aliphatic heterocycles. The number of benzene rings is 1. The van der Waals surface area contributed by atoms with Gasteiger partial charge in [0.1, 0.15) is 0 Å². The zero-order valence-electron chi connectivity index (χ0n) is 12.6. The fraction of sp³-hybridized carbons (Fsp3) is 0.400. The fourth-order valence-electron chi connectivity index (χ4n) is 2.56. The van der Waals surface area contributed by atoms with E-state index >= 15 is 0 Å². The molecular weight excluding hydrogens is 378 g/mol. The van der Waals surface area contributed by atoms with Crippen LogP contribution in [0.15, 0.2) is 33.9 Å². The third-order valence-corrected chi connectivity index (χ3v) is 5.20. The maximum Gasteiger partial charge on any atom is 0.233 e. The Labute approximate surface area is 147 Å². The molecule has 1 aromatic carbocycles. The van der Waals surface area contributed by atoms with E-state index in [0.29, 0.717) is 16.7 Å². The van der Waals surface area contributed by atoms with Crippen LogP contribution in [0.4, 0.5) is 0 Å². The second-order valence-electron chi connectivity index (χ2n) is 5.42. The van der Waals surface area contributed by atoms with Gasteiger partial charge >= 0.3 is 0 Å². The van der Waals surface area contributed by atoms with Crippen molar-refractivity contribution in [1.82, 2.24) is 19.8 Å². The van der Waals surface area contributed by atoms with Crippen LogP contribution in [0.1, 0.15) is 19.3 Å². The minimum Gasteiger partial charge on any atom is -0.342 e. The maximum atomic E-state index is 12.2. The molecule has 2 N–H and O–H groups in total. The number of carbonyl (C=O) groups is 1. The lowest BCUT2D eigenvalue weighted by atomic mass is 10.1. The third kappa shape index (κ3) is 3.87. The first-order chi connectivity index (χ1) is 11.1. The predicted molar refractivity (Wildman–Crippen MR) is 94.5 cm³/mol. The number of amides is 1. The monoisotopic (exact) mass is 395 g/mol. The average Bonchev–Trinajstić information content (AvgIpc) is 2.94. The molecule has 0 aliphatic carbocycles. The first kappa shape index (κ1) is 16.3. The van der Waals surface area contributed by atoms with Gasteiger partial charge in [0.25, 0.3) is 0 Å². The second-order valence-corrected chi connectivity index (χ2v) is 7.27. The standard InChI is InChI=1S/C15H18BrN5OS/c16-12-6-4-5-11(9-12)14-18-19-15(21(14)17)23-10-13(22)20-7-2-1-3-8-20/h4-6,9H,1-3,7-8,10,17H2. The van der Waals surface area contributed by atoms with Crippen LogP contribution < -0.4 is 5.84 Å². The molecule has 1 saturated heterocycles. The molecule has 122 valence electrons. The van der Waals surface area contributed by atoms with Gasteiger partial charge in [-0.3, -0.25) is 4.79 Å². The van der Waals surface area contributed by atoms with E-state index in [2.05, 4.69) is 26.1 Å². The third-order valence-electron chi connectivity index (χ3n) is 3.78. The van der Waals surface area contributed by atoms with Crippen molar-refractivity contribution >= 4 is 33.6 Å². The Morgan fingerprint density at radius 1 is 1.26 bits per heavy atom. The zero-order valence-corrected chi connectivity index (χ0v) is 15.0. The highest BCUT2D eigenvalue weighted by atomic mass is 79.9. The summed E-state index contributed by atoms with van der Waals surface area (Å²) in [6.07, 6.45) is 3.40. The van der Waals surface area contributed by atoms with Gasteiger partial charge in [-0.05, 0) is 31.4 Å². The molecule has 1 aliphatic rings. The Morgan fingerprint density at radius 2 is 2.04 bits per heavy atom. The topological polar surface area (TPSA) is 77.0 Å². The van der Waals surface area contributed by atoms with Gasteiger partial charge in [0, 0.05) is 23.1 Å². The molecule has 1 fully saturated rings. The van der Waals surface area contributed by atoms with Gasteiger partial charge in [-0.1, -0.05) is 39.8 Å². The van der Waals surface area contributed by atoms with Crippen LogP contribution in [0, 0.1) is 0 Å². The van der Waals surface area contributed by atoms with E-state index in [9.17, 15) is 4.79 Å². The van der Waals surface area contributed by atoms with E-state index in [-0.39, 0.29) is 5.91 Å². The highest BCUT2D eigenvalue weighted by Crippen LogP contribution is 2.24. The quantitative estimate of drug-likeness (QED) is 0.635. The van der Waals surface area contributed by atoms with Crippen molar-refractivity contribution < 1.29 is 4.79 Å². The lowest BCUT2D eigenvalue weighted by Gasteiger charge is -2.26. The number of hydrogen-bond donors (Lipinski definition) is 1. The highest BCUT2D eigenvalue weighted by molar-refractivity contribution is 9.10. The Kier molecular flexibility index (Phi) is 5.22. The van der Waals surface area contributed by atoms with Crippen molar-refractivity contribution in [2.45, 2.75) is 24.4 Å². The Bertz CT molecular complexity index is 699. The number of aromatic nitrogens is 3. The van der Waals surface area contributed by atoms with Crippen LogP contribution >= 0.6 is 27.7 Å². The highest BCUT2D eigenvalue weighted by Gasteiger charge is 2.19. The molecular formula is C15H18BrN5OS. The summed E-state index contributed by atoms with van der Waals surface area (Å²) in [5.41, 5.74) is 0.878. The molecule has 0 radical (unpaired) electrons. The number of nitrogens with two attached hydrogens (primary N) is 1. The van der Waals surface area contributed by atoms with Gasteiger partial charge in [0.05, 0.1) is 5.75 Å². The fourth-order valence-corrected chi connectivity index (χ4v) is 3.72. The predicted octanol–water partition coefficient (Wildman–Crippen LogP) is 2.53. The molecule has 2 heterocycles. The largest absolute Gasteiger partial charge is 0.342 e. The van der Waals surface area contributed by atoms with E-state index in [1.165, 1.54) is 22.9 Å². The van der Waals surface area contributed by atoms with Crippen LogP contribution in [0.25, 0.3) is 11.4 Å². The average molecular weight is 396 g/mol. The molecule has 0 bridgehead atoms. The lowest BCUT2D eigenvalue weighted by Crippen LogP contribution is -2.36. The second kappa shape index (κ2) is 7.35. The molecule has 2 aromatic rings. The van der Waals surface area contributed by atoms with Crippen molar-refractivity contribution in [1.29, 1.82) is 0 Å². The number of nitrogen functional groups attached to an aromatic ring is 1. The minimum atomic E-state index is 0.140. The van der Waals surface area contributed by atoms with E-state index in [0.717, 1.165) is 36.0 Å². The number of piperidine rings is 1. The van der Waals surface area contributed by atoms with Crippen molar-refractivity contribution in [3.05, 3.63) is 28.7 Å². The lowest BCUT2D eigenvalue weighted by molar-refractivity contribution is -0.129. The van der Waals surface area contributed by atoms with E-state index in [4.69, 9.17) is 5.84 Å². The van der Waals surface area contributed by atoms with Crippen LogP contribution in [0.3, 0.4) is 0 Å². The van der Waals surface area contributed by atoms with Gasteiger partial charge < -0.3 is 10.7 Å². The molecule has 3 rings (SSSR count). The van der Waals surface area contributed by atoms with E-state index in [1.54, 1.807) is 0 Å². The van der Waals surface area contributed by atoms with Crippen molar-refractivity contribution in [3.63, 3.8) is 0 Å². The first-order valence-electron chi connectivity index (χ1n) is 7.52. The zero-order chi connectivity index (χ0) is 16.2. The Morgan fingerprint density at radius 3 is 2.78 bits per heavy atom. The number of hydrogen-bond acceptors (Lipinski definition) is 5. The van der Waals surface area contributed by atoms with Crippen LogP contribution in [-0.4, -0.2) is 44.5 Å². The normalized spacial score (nSPS) is 14.9. The first-order valence-corrected chi connectivity index (χ1v) is 9.30. The van der Waals surface area contributed by atoms with Crippen molar-refractivity contribution in [2.24, 2.45) is 0 Å². The molecule has 1 aromatic heterocycles. The Balaban J connectivity index is 1.66. The molecule has 23 heavy (non-hydrogen) atoms. The summed E-state index contributed by atoms with van der Waals surface area (Å²) < 4.78 is 2.39. The SMILES string of the molecule is Nn1c(SCC(=O)N2CCCCC2)nnc1-c1cccc(Br)c1. The summed E-state index contributed by atoms with van der Waals surface area (Å²) in [5.74, 6) is 7.14. The Hall–Kier alpha value is -1.54. The van der Waals surface area contributed by atoms with Gasteiger partial charge in [-0.15, -0.1) is 10.2 Å². The van der Waals surface area contributed by atoms with E-state index < -0.39 is 0 Å². The van der Waals surface area contributed by atoms with E-state index in [1.807, 2.05) is 29.2 Å². The number of rotatable bonds is 4. The molecule has 0 spiro atoms. The molecule has 0 unspecified atom stereocenters. The van der Waals surface area contributed by atoms with Gasteiger partial charge in [-0.25, -0.2) is 4.68 Å².